The van der Waals surface area contributed by atoms with Crippen LogP contribution >= 0.6 is 23.2 Å². The van der Waals surface area contributed by atoms with Crippen molar-refractivity contribution < 1.29 is 23.1 Å². The van der Waals surface area contributed by atoms with Crippen LogP contribution < -0.4 is 10.0 Å². The summed E-state index contributed by atoms with van der Waals surface area (Å²) >= 11 is 11.8. The van der Waals surface area contributed by atoms with Crippen molar-refractivity contribution in [3.05, 3.63) is 64.1 Å². The number of hydrogen-bond acceptors (Lipinski definition) is 5. The molecule has 8 nitrogen and oxygen atoms in total. The van der Waals surface area contributed by atoms with Gasteiger partial charge in [-0.25, -0.2) is 17.9 Å². The molecule has 0 unspecified atom stereocenters. The highest BCUT2D eigenvalue weighted by atomic mass is 35.5. The Hall–Kier alpha value is -1.88. The number of halogens is 2. The maximum Gasteiger partial charge on any atom is 0.317 e. The second-order valence-corrected chi connectivity index (χ2v) is 11.0. The third-order valence-corrected chi connectivity index (χ3v) is 7.06. The van der Waals surface area contributed by atoms with Gasteiger partial charge in [-0.3, -0.25) is 0 Å². The number of aliphatic hydroxyl groups is 1. The molecule has 3 N–H and O–H groups in total. The first-order valence-corrected chi connectivity index (χ1v) is 13.6. The number of urea groups is 1. The Labute approximate surface area is 217 Å². The van der Waals surface area contributed by atoms with Crippen molar-refractivity contribution in [2.75, 3.05) is 26.2 Å². The van der Waals surface area contributed by atoms with Crippen LogP contribution in [0.5, 0.6) is 0 Å². The molecule has 194 valence electrons. The fourth-order valence-electron chi connectivity index (χ4n) is 3.21. The van der Waals surface area contributed by atoms with E-state index >= 15 is 0 Å². The number of hydrogen-bond donors (Lipinski definition) is 3. The molecule has 0 aliphatic carbocycles. The minimum absolute atomic E-state index is 0.0415. The zero-order valence-electron chi connectivity index (χ0n) is 19.9. The second-order valence-electron chi connectivity index (χ2n) is 8.38. The quantitative estimate of drug-likeness (QED) is 0.310. The van der Waals surface area contributed by atoms with Gasteiger partial charge in [0.15, 0.2) is 0 Å². The molecule has 0 aliphatic rings. The Balaban J connectivity index is 1.82. The molecule has 11 heteroatoms. The summed E-state index contributed by atoms with van der Waals surface area (Å²) in [4.78, 5) is 14.1. The van der Waals surface area contributed by atoms with Crippen molar-refractivity contribution in [3.63, 3.8) is 0 Å². The summed E-state index contributed by atoms with van der Waals surface area (Å²) in [5.41, 5.74) is 0.997. The predicted octanol–water partition coefficient (Wildman–Crippen LogP) is 4.05. The Morgan fingerprint density at radius 2 is 1.83 bits per heavy atom. The van der Waals surface area contributed by atoms with E-state index in [1.54, 1.807) is 0 Å². The summed E-state index contributed by atoms with van der Waals surface area (Å²) in [5, 5.41) is 13.6. The van der Waals surface area contributed by atoms with E-state index < -0.39 is 16.1 Å². The lowest BCUT2D eigenvalue weighted by Gasteiger charge is -2.26. The Kier molecular flexibility index (Phi) is 12.3. The van der Waals surface area contributed by atoms with Crippen LogP contribution in [-0.4, -0.2) is 62.8 Å². The molecule has 0 fully saturated rings. The van der Waals surface area contributed by atoms with Gasteiger partial charge >= 0.3 is 6.03 Å². The van der Waals surface area contributed by atoms with Gasteiger partial charge < -0.3 is 20.1 Å². The van der Waals surface area contributed by atoms with Crippen molar-refractivity contribution in [3.8, 4) is 0 Å². The molecule has 0 radical (unpaired) electrons. The average molecular weight is 547 g/mol. The topological polar surface area (TPSA) is 108 Å². The summed E-state index contributed by atoms with van der Waals surface area (Å²) in [6, 6.07) is 13.4. The standard InChI is InChI=1S/C24H33Cl2N3O5S/c1-18(2)28-24(31)29(15-21(30)17-34-16-19-8-4-3-5-9-19)13-7-6-12-27-35(32,33)23-11-10-20(25)14-22(23)26/h3-5,8-11,14,18,21,27,30H,6-7,12-13,15-17H2,1-2H3,(H,28,31)/t21-/m1/s1. The van der Waals surface area contributed by atoms with Crippen molar-refractivity contribution >= 4 is 39.3 Å². The molecule has 0 bridgehead atoms. The molecule has 1 atom stereocenters. The van der Waals surface area contributed by atoms with Gasteiger partial charge in [-0.1, -0.05) is 53.5 Å². The highest BCUT2D eigenvalue weighted by molar-refractivity contribution is 7.89. The molecule has 0 aromatic heterocycles. The largest absolute Gasteiger partial charge is 0.389 e. The lowest BCUT2D eigenvalue weighted by atomic mass is 10.2. The lowest BCUT2D eigenvalue weighted by Crippen LogP contribution is -2.47. The Morgan fingerprint density at radius 1 is 1.11 bits per heavy atom. The normalized spacial score (nSPS) is 12.5. The molecule has 0 aliphatic heterocycles. The smallest absolute Gasteiger partial charge is 0.317 e. The molecule has 2 aromatic carbocycles. The molecule has 2 rings (SSSR count). The maximum atomic E-state index is 12.6. The van der Waals surface area contributed by atoms with Crippen LogP contribution in [0.3, 0.4) is 0 Å². The number of rotatable bonds is 14. The lowest BCUT2D eigenvalue weighted by molar-refractivity contribution is 0.0151. The van der Waals surface area contributed by atoms with E-state index in [9.17, 15) is 18.3 Å². The molecule has 2 aromatic rings. The van der Waals surface area contributed by atoms with Gasteiger partial charge in [0.05, 0.1) is 30.9 Å². The van der Waals surface area contributed by atoms with E-state index in [-0.39, 0.29) is 41.7 Å². The number of carbonyl (C=O) groups is 1. The van der Waals surface area contributed by atoms with E-state index in [2.05, 4.69) is 10.0 Å². The van der Waals surface area contributed by atoms with Gasteiger partial charge in [0.1, 0.15) is 4.90 Å². The van der Waals surface area contributed by atoms with E-state index in [4.69, 9.17) is 27.9 Å². The van der Waals surface area contributed by atoms with Gasteiger partial charge in [0, 0.05) is 24.2 Å². The molecule has 0 saturated carbocycles. The van der Waals surface area contributed by atoms with Crippen LogP contribution in [0.25, 0.3) is 0 Å². The Morgan fingerprint density at radius 3 is 2.49 bits per heavy atom. The maximum absolute atomic E-state index is 12.6. The first-order valence-electron chi connectivity index (χ1n) is 11.4. The SMILES string of the molecule is CC(C)NC(=O)N(CCCCNS(=O)(=O)c1ccc(Cl)cc1Cl)C[C@@H](O)COCc1ccccc1. The minimum Gasteiger partial charge on any atom is -0.389 e. The number of benzene rings is 2. The van der Waals surface area contributed by atoms with Gasteiger partial charge in [0.2, 0.25) is 10.0 Å². The fraction of sp³-hybridized carbons (Fsp3) is 0.458. The van der Waals surface area contributed by atoms with Crippen LogP contribution in [0.15, 0.2) is 53.4 Å². The number of nitrogens with zero attached hydrogens (tertiary/aromatic N) is 1. The zero-order chi connectivity index (χ0) is 25.8. The van der Waals surface area contributed by atoms with E-state index in [0.717, 1.165) is 5.56 Å². The molecule has 0 saturated heterocycles. The fourth-order valence-corrected chi connectivity index (χ4v) is 5.06. The van der Waals surface area contributed by atoms with Crippen molar-refractivity contribution in [2.24, 2.45) is 0 Å². The molecule has 0 heterocycles. The van der Waals surface area contributed by atoms with Gasteiger partial charge in [-0.2, -0.15) is 0 Å². The minimum atomic E-state index is -3.78. The van der Waals surface area contributed by atoms with E-state index in [1.165, 1.54) is 23.1 Å². The Bertz CT molecular complexity index is 1040. The summed E-state index contributed by atoms with van der Waals surface area (Å²) in [7, 11) is -3.78. The number of sulfonamides is 1. The number of aliphatic hydroxyl groups excluding tert-OH is 1. The highest BCUT2D eigenvalue weighted by Crippen LogP contribution is 2.24. The second kappa shape index (κ2) is 14.6. The van der Waals surface area contributed by atoms with Crippen molar-refractivity contribution in [1.82, 2.24) is 14.9 Å². The average Bonchev–Trinajstić information content (AvgIpc) is 2.78. The summed E-state index contributed by atoms with van der Waals surface area (Å²) < 4.78 is 33.0. The van der Waals surface area contributed by atoms with Crippen LogP contribution in [0, 0.1) is 0 Å². The van der Waals surface area contributed by atoms with Crippen LogP contribution in [0.2, 0.25) is 10.0 Å². The number of unbranched alkanes of at least 4 members (excludes halogenated alkanes) is 1. The first kappa shape index (κ1) is 29.4. The monoisotopic (exact) mass is 545 g/mol. The van der Waals surface area contributed by atoms with Crippen LogP contribution in [0.4, 0.5) is 4.79 Å². The summed E-state index contributed by atoms with van der Waals surface area (Å²) in [6.45, 7) is 4.77. The molecular weight excluding hydrogens is 513 g/mol. The highest BCUT2D eigenvalue weighted by Gasteiger charge is 2.20. The van der Waals surface area contributed by atoms with Crippen LogP contribution in [0.1, 0.15) is 32.3 Å². The number of carbonyl (C=O) groups excluding carboxylic acids is 1. The summed E-state index contributed by atoms with van der Waals surface area (Å²) in [6.07, 6.45) is 0.151. The van der Waals surface area contributed by atoms with Gasteiger partial charge in [0.25, 0.3) is 0 Å². The van der Waals surface area contributed by atoms with Gasteiger partial charge in [-0.05, 0) is 50.5 Å². The van der Waals surface area contributed by atoms with Crippen LogP contribution in [-0.2, 0) is 21.4 Å². The molecule has 35 heavy (non-hydrogen) atoms. The third kappa shape index (κ3) is 10.7. The van der Waals surface area contributed by atoms with E-state index in [1.807, 2.05) is 44.2 Å². The van der Waals surface area contributed by atoms with E-state index in [0.29, 0.717) is 31.0 Å². The molecular formula is C24H33Cl2N3O5S. The third-order valence-electron chi connectivity index (χ3n) is 4.88. The number of nitrogens with one attached hydrogen (secondary N) is 2. The molecule has 0 spiro atoms. The van der Waals surface area contributed by atoms with Crippen molar-refractivity contribution in [1.29, 1.82) is 0 Å². The predicted molar refractivity (Wildman–Crippen MR) is 138 cm³/mol. The van der Waals surface area contributed by atoms with Gasteiger partial charge in [-0.15, -0.1) is 0 Å². The molecule has 2 amide bonds. The first-order chi connectivity index (χ1) is 16.6. The number of amides is 2. The zero-order valence-corrected chi connectivity index (χ0v) is 22.2. The summed E-state index contributed by atoms with van der Waals surface area (Å²) in [5.74, 6) is 0. The number of ether oxygens (including phenoxy) is 1. The van der Waals surface area contributed by atoms with Crippen molar-refractivity contribution in [2.45, 2.75) is 50.3 Å².